The van der Waals surface area contributed by atoms with Crippen molar-refractivity contribution in [2.45, 2.75) is 55.8 Å². The Morgan fingerprint density at radius 1 is 1.40 bits per heavy atom. The molecule has 2 nitrogen and oxygen atoms in total. The van der Waals surface area contributed by atoms with E-state index in [-0.39, 0.29) is 25.7 Å². The van der Waals surface area contributed by atoms with Crippen LogP contribution in [-0.4, -0.2) is 28.3 Å². The van der Waals surface area contributed by atoms with Crippen molar-refractivity contribution in [1.29, 1.82) is 0 Å². The second-order valence-electron chi connectivity index (χ2n) is 4.13. The standard InChI is InChI=1S/C9H16F3NOS/c1-6(15)13-8(9(10,11)12)4-2-7(14)3-5-8/h6-7,13-15H,2-5H2,1H3. The summed E-state index contributed by atoms with van der Waals surface area (Å²) in [6.45, 7) is 1.57. The molecule has 0 aliphatic heterocycles. The Labute approximate surface area is 92.6 Å². The maximum Gasteiger partial charge on any atom is 0.406 e. The lowest BCUT2D eigenvalue weighted by atomic mass is 9.79. The summed E-state index contributed by atoms with van der Waals surface area (Å²) in [6.07, 6.45) is -4.67. The van der Waals surface area contributed by atoms with E-state index in [2.05, 4.69) is 17.9 Å². The van der Waals surface area contributed by atoms with Crippen LogP contribution in [0.1, 0.15) is 32.6 Å². The molecule has 6 heteroatoms. The van der Waals surface area contributed by atoms with Crippen LogP contribution in [0, 0.1) is 0 Å². The maximum absolute atomic E-state index is 12.9. The number of thiol groups is 1. The molecule has 1 saturated carbocycles. The zero-order valence-electron chi connectivity index (χ0n) is 8.51. The third-order valence-electron chi connectivity index (χ3n) is 2.84. The highest BCUT2D eigenvalue weighted by molar-refractivity contribution is 7.80. The van der Waals surface area contributed by atoms with Gasteiger partial charge in [-0.3, -0.25) is 5.32 Å². The molecule has 0 aromatic rings. The van der Waals surface area contributed by atoms with E-state index >= 15 is 0 Å². The number of hydrogen-bond acceptors (Lipinski definition) is 3. The van der Waals surface area contributed by atoms with Gasteiger partial charge in [-0.15, -0.1) is 0 Å². The normalized spacial score (nSPS) is 35.2. The largest absolute Gasteiger partial charge is 0.406 e. The fraction of sp³-hybridized carbons (Fsp3) is 1.00. The van der Waals surface area contributed by atoms with Crippen molar-refractivity contribution >= 4 is 12.6 Å². The second-order valence-corrected chi connectivity index (χ2v) is 4.91. The molecule has 90 valence electrons. The van der Waals surface area contributed by atoms with Crippen LogP contribution in [0.25, 0.3) is 0 Å². The van der Waals surface area contributed by atoms with Gasteiger partial charge in [0.05, 0.1) is 6.10 Å². The first kappa shape index (κ1) is 13.1. The van der Waals surface area contributed by atoms with Crippen molar-refractivity contribution in [2.75, 3.05) is 0 Å². The van der Waals surface area contributed by atoms with E-state index < -0.39 is 23.2 Å². The monoisotopic (exact) mass is 243 g/mol. The molecule has 0 spiro atoms. The van der Waals surface area contributed by atoms with Gasteiger partial charge in [0, 0.05) is 5.37 Å². The van der Waals surface area contributed by atoms with Gasteiger partial charge in [-0.1, -0.05) is 0 Å². The Morgan fingerprint density at radius 2 is 1.87 bits per heavy atom. The van der Waals surface area contributed by atoms with E-state index in [9.17, 15) is 18.3 Å². The molecule has 1 atom stereocenters. The molecule has 0 heterocycles. The Bertz CT molecular complexity index is 212. The van der Waals surface area contributed by atoms with Gasteiger partial charge in [0.15, 0.2) is 0 Å². The lowest BCUT2D eigenvalue weighted by molar-refractivity contribution is -0.210. The van der Waals surface area contributed by atoms with Crippen molar-refractivity contribution in [3.05, 3.63) is 0 Å². The number of aliphatic hydroxyl groups is 1. The number of hydrogen-bond donors (Lipinski definition) is 3. The van der Waals surface area contributed by atoms with Crippen LogP contribution in [-0.2, 0) is 0 Å². The lowest BCUT2D eigenvalue weighted by Crippen LogP contribution is -2.60. The Kier molecular flexibility index (Phi) is 3.95. The van der Waals surface area contributed by atoms with Crippen LogP contribution in [0.2, 0.25) is 0 Å². The van der Waals surface area contributed by atoms with E-state index in [4.69, 9.17) is 0 Å². The average Bonchev–Trinajstić information content (AvgIpc) is 2.06. The van der Waals surface area contributed by atoms with Crippen LogP contribution >= 0.6 is 12.6 Å². The zero-order chi connectivity index (χ0) is 11.7. The third-order valence-corrected chi connectivity index (χ3v) is 2.97. The van der Waals surface area contributed by atoms with Crippen LogP contribution in [0.3, 0.4) is 0 Å². The van der Waals surface area contributed by atoms with Crippen molar-refractivity contribution in [3.8, 4) is 0 Å². The number of aliphatic hydroxyl groups excluding tert-OH is 1. The van der Waals surface area contributed by atoms with E-state index in [0.717, 1.165) is 0 Å². The van der Waals surface area contributed by atoms with Gasteiger partial charge in [-0.05, 0) is 32.6 Å². The molecule has 0 amide bonds. The summed E-state index contributed by atoms with van der Waals surface area (Å²) in [7, 11) is 0. The van der Waals surface area contributed by atoms with E-state index in [0.29, 0.717) is 0 Å². The van der Waals surface area contributed by atoms with Crippen molar-refractivity contribution in [3.63, 3.8) is 0 Å². The number of rotatable bonds is 2. The average molecular weight is 243 g/mol. The zero-order valence-corrected chi connectivity index (χ0v) is 9.41. The molecule has 2 N–H and O–H groups in total. The Hall–Kier alpha value is 0.0600. The third kappa shape index (κ3) is 3.01. The van der Waals surface area contributed by atoms with Gasteiger partial charge in [0.1, 0.15) is 5.54 Å². The molecule has 0 saturated heterocycles. The van der Waals surface area contributed by atoms with Gasteiger partial charge in [-0.25, -0.2) is 0 Å². The Morgan fingerprint density at radius 3 is 2.20 bits per heavy atom. The first-order chi connectivity index (χ1) is 6.77. The lowest BCUT2D eigenvalue weighted by Gasteiger charge is -2.42. The SMILES string of the molecule is CC(S)NC1(C(F)(F)F)CCC(O)CC1. The summed E-state index contributed by atoms with van der Waals surface area (Å²) in [6, 6.07) is 0. The van der Waals surface area contributed by atoms with Crippen molar-refractivity contribution in [2.24, 2.45) is 0 Å². The van der Waals surface area contributed by atoms with Crippen LogP contribution in [0.5, 0.6) is 0 Å². The quantitative estimate of drug-likeness (QED) is 0.512. The molecule has 0 aromatic carbocycles. The van der Waals surface area contributed by atoms with Crippen molar-refractivity contribution < 1.29 is 18.3 Å². The van der Waals surface area contributed by atoms with Crippen LogP contribution in [0.15, 0.2) is 0 Å². The number of halogens is 3. The highest BCUT2D eigenvalue weighted by Gasteiger charge is 2.55. The summed E-state index contributed by atoms with van der Waals surface area (Å²) in [5.74, 6) is 0. The minimum absolute atomic E-state index is 0.0808. The van der Waals surface area contributed by atoms with Gasteiger partial charge < -0.3 is 5.11 Å². The van der Waals surface area contributed by atoms with E-state index in [1.54, 1.807) is 6.92 Å². The molecule has 1 unspecified atom stereocenters. The predicted molar refractivity (Wildman–Crippen MR) is 54.8 cm³/mol. The Balaban J connectivity index is 2.78. The summed E-state index contributed by atoms with van der Waals surface area (Å²) in [5.41, 5.74) is -1.87. The number of nitrogens with one attached hydrogen (secondary N) is 1. The molecular formula is C9H16F3NOS. The van der Waals surface area contributed by atoms with Gasteiger partial charge in [0.2, 0.25) is 0 Å². The van der Waals surface area contributed by atoms with E-state index in [1.165, 1.54) is 0 Å². The summed E-state index contributed by atoms with van der Waals surface area (Å²) in [4.78, 5) is 0. The second kappa shape index (κ2) is 4.51. The molecule has 0 radical (unpaired) electrons. The number of alkyl halides is 3. The topological polar surface area (TPSA) is 32.3 Å². The minimum Gasteiger partial charge on any atom is -0.393 e. The van der Waals surface area contributed by atoms with Crippen molar-refractivity contribution in [1.82, 2.24) is 5.32 Å². The summed E-state index contributed by atoms with van der Waals surface area (Å²) >= 11 is 3.94. The molecule has 1 fully saturated rings. The molecule has 15 heavy (non-hydrogen) atoms. The highest BCUT2D eigenvalue weighted by atomic mass is 32.1. The van der Waals surface area contributed by atoms with Gasteiger partial charge in [-0.2, -0.15) is 25.8 Å². The highest BCUT2D eigenvalue weighted by Crippen LogP contribution is 2.42. The first-order valence-electron chi connectivity index (χ1n) is 4.97. The molecular weight excluding hydrogens is 227 g/mol. The maximum atomic E-state index is 12.9. The fourth-order valence-corrected chi connectivity index (χ4v) is 2.25. The molecule has 1 aliphatic carbocycles. The van der Waals surface area contributed by atoms with E-state index in [1.807, 2.05) is 0 Å². The molecule has 1 aliphatic rings. The first-order valence-corrected chi connectivity index (χ1v) is 5.49. The van der Waals surface area contributed by atoms with Crippen LogP contribution in [0.4, 0.5) is 13.2 Å². The molecule has 0 bridgehead atoms. The molecule has 0 aromatic heterocycles. The summed E-state index contributed by atoms with van der Waals surface area (Å²) in [5, 5.41) is 11.2. The fourth-order valence-electron chi connectivity index (χ4n) is 2.00. The van der Waals surface area contributed by atoms with Crippen LogP contribution < -0.4 is 5.32 Å². The minimum atomic E-state index is -4.29. The summed E-state index contributed by atoms with van der Waals surface area (Å²) < 4.78 is 38.7. The van der Waals surface area contributed by atoms with Gasteiger partial charge >= 0.3 is 6.18 Å². The molecule has 1 rings (SSSR count). The predicted octanol–water partition coefficient (Wildman–Crippen LogP) is 2.09. The van der Waals surface area contributed by atoms with Gasteiger partial charge in [0.25, 0.3) is 0 Å². The smallest absolute Gasteiger partial charge is 0.393 e.